The lowest BCUT2D eigenvalue weighted by atomic mass is 10.1. The van der Waals surface area contributed by atoms with Crippen LogP contribution in [0.3, 0.4) is 0 Å². The largest absolute Gasteiger partial charge is 0.354 e. The molecule has 9 heteroatoms. The Morgan fingerprint density at radius 1 is 1.03 bits per heavy atom. The molecule has 0 radical (unpaired) electrons. The maximum Gasteiger partial charge on any atom is 0.267 e. The Labute approximate surface area is 171 Å². The lowest BCUT2D eigenvalue weighted by molar-refractivity contribution is -0.121. The van der Waals surface area contributed by atoms with Gasteiger partial charge in [0.25, 0.3) is 5.56 Å². The first-order chi connectivity index (χ1) is 14.6. The van der Waals surface area contributed by atoms with E-state index in [-0.39, 0.29) is 18.0 Å². The molecule has 1 aromatic carbocycles. The average Bonchev–Trinajstić information content (AvgIpc) is 3.16. The van der Waals surface area contributed by atoms with Crippen LogP contribution in [-0.2, 0) is 17.8 Å². The standard InChI is InChI=1S/C21H19FN6O2/c22-16-7-2-1-6-15(16)17-10-11-21(30)28(26-17)14-20(29)23-12-5-9-19-25-24-18-8-3-4-13-27(18)19/h1-4,6-8,10-11,13H,5,9,12,14H2,(H,23,29). The van der Waals surface area contributed by atoms with Gasteiger partial charge in [0.1, 0.15) is 18.2 Å². The third kappa shape index (κ3) is 4.24. The normalized spacial score (nSPS) is 11.0. The SMILES string of the molecule is O=C(Cn1nc(-c2ccccc2F)ccc1=O)NCCCc1nnc2ccccn12. The summed E-state index contributed by atoms with van der Waals surface area (Å²) in [4.78, 5) is 24.3. The second kappa shape index (κ2) is 8.64. The summed E-state index contributed by atoms with van der Waals surface area (Å²) in [5.74, 6) is 0.0253. The summed E-state index contributed by atoms with van der Waals surface area (Å²) in [6.45, 7) is 0.178. The number of carbonyl (C=O) groups is 1. The van der Waals surface area contributed by atoms with Gasteiger partial charge in [-0.15, -0.1) is 10.2 Å². The topological polar surface area (TPSA) is 94.2 Å². The molecule has 152 valence electrons. The van der Waals surface area contributed by atoms with Gasteiger partial charge in [0.2, 0.25) is 5.91 Å². The Hall–Kier alpha value is -3.88. The number of pyridine rings is 1. The maximum absolute atomic E-state index is 14.0. The van der Waals surface area contributed by atoms with Crippen LogP contribution in [-0.4, -0.2) is 36.8 Å². The van der Waals surface area contributed by atoms with E-state index in [4.69, 9.17) is 0 Å². The minimum atomic E-state index is -0.444. The third-order valence-corrected chi connectivity index (χ3v) is 4.59. The van der Waals surface area contributed by atoms with Gasteiger partial charge in [0.15, 0.2) is 5.65 Å². The summed E-state index contributed by atoms with van der Waals surface area (Å²) in [7, 11) is 0. The molecule has 0 aliphatic heterocycles. The predicted octanol–water partition coefficient (Wildman–Crippen LogP) is 1.84. The summed E-state index contributed by atoms with van der Waals surface area (Å²) in [5, 5.41) is 15.1. The van der Waals surface area contributed by atoms with E-state index in [2.05, 4.69) is 20.6 Å². The zero-order valence-electron chi connectivity index (χ0n) is 16.0. The molecule has 1 N–H and O–H groups in total. The Balaban J connectivity index is 1.34. The molecule has 3 aromatic heterocycles. The number of halogens is 1. The van der Waals surface area contributed by atoms with E-state index < -0.39 is 11.4 Å². The van der Waals surface area contributed by atoms with Crippen molar-refractivity contribution in [2.24, 2.45) is 0 Å². The number of carbonyl (C=O) groups excluding carboxylic acids is 1. The van der Waals surface area contributed by atoms with E-state index in [0.717, 1.165) is 16.2 Å². The van der Waals surface area contributed by atoms with Crippen molar-refractivity contribution in [3.8, 4) is 11.3 Å². The lowest BCUT2D eigenvalue weighted by Crippen LogP contribution is -2.34. The van der Waals surface area contributed by atoms with E-state index in [1.165, 1.54) is 18.2 Å². The van der Waals surface area contributed by atoms with Crippen molar-refractivity contribution in [2.45, 2.75) is 19.4 Å². The Morgan fingerprint density at radius 2 is 1.87 bits per heavy atom. The van der Waals surface area contributed by atoms with Gasteiger partial charge < -0.3 is 5.32 Å². The highest BCUT2D eigenvalue weighted by Crippen LogP contribution is 2.18. The molecule has 0 spiro atoms. The fourth-order valence-electron chi connectivity index (χ4n) is 3.10. The number of nitrogens with zero attached hydrogens (tertiary/aromatic N) is 5. The van der Waals surface area contributed by atoms with Gasteiger partial charge in [-0.3, -0.25) is 14.0 Å². The van der Waals surface area contributed by atoms with E-state index in [9.17, 15) is 14.0 Å². The number of amides is 1. The lowest BCUT2D eigenvalue weighted by Gasteiger charge is -2.08. The van der Waals surface area contributed by atoms with Crippen LogP contribution in [0.2, 0.25) is 0 Å². The number of fused-ring (bicyclic) bond motifs is 1. The second-order valence-electron chi connectivity index (χ2n) is 6.69. The first-order valence-electron chi connectivity index (χ1n) is 9.50. The van der Waals surface area contributed by atoms with E-state index >= 15 is 0 Å². The predicted molar refractivity (Wildman–Crippen MR) is 108 cm³/mol. The number of benzene rings is 1. The van der Waals surface area contributed by atoms with E-state index in [0.29, 0.717) is 25.1 Å². The summed E-state index contributed by atoms with van der Waals surface area (Å²) >= 11 is 0. The summed E-state index contributed by atoms with van der Waals surface area (Å²) in [6.07, 6.45) is 3.20. The van der Waals surface area contributed by atoms with Crippen molar-refractivity contribution < 1.29 is 9.18 Å². The van der Waals surface area contributed by atoms with Crippen molar-refractivity contribution >= 4 is 11.6 Å². The van der Waals surface area contributed by atoms with E-state index in [1.54, 1.807) is 18.2 Å². The number of nitrogens with one attached hydrogen (secondary N) is 1. The molecule has 0 unspecified atom stereocenters. The molecule has 0 aliphatic rings. The van der Waals surface area contributed by atoms with Crippen LogP contribution in [0.4, 0.5) is 4.39 Å². The molecule has 30 heavy (non-hydrogen) atoms. The molecule has 8 nitrogen and oxygen atoms in total. The number of rotatable bonds is 7. The van der Waals surface area contributed by atoms with Crippen LogP contribution in [0, 0.1) is 5.82 Å². The molecule has 4 aromatic rings. The minimum absolute atomic E-state index is 0.241. The number of aromatic nitrogens is 5. The third-order valence-electron chi connectivity index (χ3n) is 4.59. The highest BCUT2D eigenvalue weighted by Gasteiger charge is 2.11. The molecule has 0 fully saturated rings. The smallest absolute Gasteiger partial charge is 0.267 e. The van der Waals surface area contributed by atoms with Crippen LogP contribution in [0.25, 0.3) is 16.9 Å². The van der Waals surface area contributed by atoms with Crippen molar-refractivity contribution in [3.05, 3.63) is 82.8 Å². The van der Waals surface area contributed by atoms with Gasteiger partial charge >= 0.3 is 0 Å². The molecule has 1 amide bonds. The zero-order valence-corrected chi connectivity index (χ0v) is 16.0. The van der Waals surface area contributed by atoms with Gasteiger partial charge in [-0.25, -0.2) is 9.07 Å². The van der Waals surface area contributed by atoms with Crippen molar-refractivity contribution in [2.75, 3.05) is 6.54 Å². The van der Waals surface area contributed by atoms with Crippen molar-refractivity contribution in [1.82, 2.24) is 29.7 Å². The van der Waals surface area contributed by atoms with Crippen LogP contribution < -0.4 is 10.9 Å². The van der Waals surface area contributed by atoms with Crippen molar-refractivity contribution in [1.29, 1.82) is 0 Å². The first kappa shape index (κ1) is 19.4. The summed E-state index contributed by atoms with van der Waals surface area (Å²) in [5.41, 5.74) is 0.906. The molecular formula is C21H19FN6O2. The molecule has 0 saturated heterocycles. The minimum Gasteiger partial charge on any atom is -0.354 e. The summed E-state index contributed by atoms with van der Waals surface area (Å²) in [6, 6.07) is 14.5. The summed E-state index contributed by atoms with van der Waals surface area (Å²) < 4.78 is 16.9. The fraction of sp³-hybridized carbons (Fsp3) is 0.190. The van der Waals surface area contributed by atoms with Crippen LogP contribution in [0.1, 0.15) is 12.2 Å². The van der Waals surface area contributed by atoms with E-state index in [1.807, 2.05) is 28.8 Å². The maximum atomic E-state index is 14.0. The van der Waals surface area contributed by atoms with Gasteiger partial charge in [-0.2, -0.15) is 5.10 Å². The number of hydrogen-bond acceptors (Lipinski definition) is 5. The molecule has 3 heterocycles. The second-order valence-corrected chi connectivity index (χ2v) is 6.69. The number of hydrogen-bond donors (Lipinski definition) is 1. The van der Waals surface area contributed by atoms with Crippen LogP contribution in [0.5, 0.6) is 0 Å². The van der Waals surface area contributed by atoms with Gasteiger partial charge in [-0.1, -0.05) is 18.2 Å². The highest BCUT2D eigenvalue weighted by atomic mass is 19.1. The van der Waals surface area contributed by atoms with Gasteiger partial charge in [0.05, 0.1) is 5.69 Å². The van der Waals surface area contributed by atoms with Crippen LogP contribution >= 0.6 is 0 Å². The molecule has 0 atom stereocenters. The molecule has 0 saturated carbocycles. The quantitative estimate of drug-likeness (QED) is 0.473. The molecule has 0 aliphatic carbocycles. The first-order valence-corrected chi connectivity index (χ1v) is 9.50. The van der Waals surface area contributed by atoms with Gasteiger partial charge in [-0.05, 0) is 36.8 Å². The van der Waals surface area contributed by atoms with Crippen LogP contribution in [0.15, 0.2) is 65.6 Å². The fourth-order valence-corrected chi connectivity index (χ4v) is 3.10. The zero-order chi connectivity index (χ0) is 20.9. The van der Waals surface area contributed by atoms with Gasteiger partial charge in [0, 0.05) is 30.8 Å². The average molecular weight is 406 g/mol. The monoisotopic (exact) mass is 406 g/mol. The Morgan fingerprint density at radius 3 is 2.73 bits per heavy atom. The van der Waals surface area contributed by atoms with Crippen molar-refractivity contribution in [3.63, 3.8) is 0 Å². The molecule has 4 rings (SSSR count). The number of aryl methyl sites for hydroxylation is 1. The molecular weight excluding hydrogens is 387 g/mol. The Bertz CT molecular complexity index is 1250. The highest BCUT2D eigenvalue weighted by molar-refractivity contribution is 5.75. The Kier molecular flexibility index (Phi) is 5.60. The molecule has 0 bridgehead atoms.